The first kappa shape index (κ1) is 30.4. The minimum absolute atomic E-state index is 0.428. The molecule has 0 radical (unpaired) electrons. The maximum atomic E-state index is 9.39. The number of benzene rings is 6. The van der Waals surface area contributed by atoms with Crippen molar-refractivity contribution in [3.05, 3.63) is 210 Å². The second-order valence-corrected chi connectivity index (χ2v) is 13.6. The molecule has 244 valence electrons. The number of nitriles is 1. The molecule has 0 unspecified atom stereocenters. The lowest BCUT2D eigenvalue weighted by Crippen LogP contribution is -2.25. The average molecular weight is 673 g/mol. The predicted octanol–water partition coefficient (Wildman–Crippen LogP) is 11.9. The Bertz CT molecular complexity index is 2660. The Morgan fingerprint density at radius 3 is 1.38 bits per heavy atom. The zero-order valence-electron chi connectivity index (χ0n) is 28.5. The molecule has 2 aliphatic rings. The van der Waals surface area contributed by atoms with Crippen molar-refractivity contribution < 1.29 is 0 Å². The van der Waals surface area contributed by atoms with E-state index in [1.807, 2.05) is 12.1 Å². The fourth-order valence-electron chi connectivity index (χ4n) is 8.52. The number of hydrogen-bond acceptors (Lipinski definition) is 3. The van der Waals surface area contributed by atoms with Crippen LogP contribution in [-0.2, 0) is 5.41 Å². The lowest BCUT2D eigenvalue weighted by molar-refractivity contribution is 0.794. The van der Waals surface area contributed by atoms with Crippen LogP contribution in [0, 0.1) is 17.9 Å². The zero-order valence-corrected chi connectivity index (χ0v) is 28.5. The van der Waals surface area contributed by atoms with Gasteiger partial charge in [-0.15, -0.1) is 0 Å². The Morgan fingerprint density at radius 2 is 0.868 bits per heavy atom. The second kappa shape index (κ2) is 11.8. The monoisotopic (exact) mass is 672 g/mol. The molecule has 8 aromatic rings. The first-order valence-corrected chi connectivity index (χ1v) is 17.5. The molecule has 0 fully saturated rings. The molecule has 2 aromatic heterocycles. The van der Waals surface area contributed by atoms with Crippen LogP contribution >= 0.6 is 0 Å². The maximum absolute atomic E-state index is 9.39. The Balaban J connectivity index is 1.13. The van der Waals surface area contributed by atoms with Crippen molar-refractivity contribution in [3.63, 3.8) is 0 Å². The first-order valence-electron chi connectivity index (χ1n) is 17.5. The van der Waals surface area contributed by atoms with E-state index < -0.39 is 5.41 Å². The van der Waals surface area contributed by atoms with Crippen molar-refractivity contribution in [1.82, 2.24) is 9.97 Å². The van der Waals surface area contributed by atoms with E-state index in [0.717, 1.165) is 44.5 Å². The smallest absolute Gasteiger partial charge is 0.205 e. The summed E-state index contributed by atoms with van der Waals surface area (Å²) in [6.45, 7) is 7.39. The van der Waals surface area contributed by atoms with Gasteiger partial charge in [-0.3, -0.25) is 9.97 Å². The highest BCUT2D eigenvalue weighted by Gasteiger charge is 2.51. The first-order chi connectivity index (χ1) is 26.1. The van der Waals surface area contributed by atoms with Gasteiger partial charge in [-0.05, 0) is 108 Å². The van der Waals surface area contributed by atoms with Gasteiger partial charge in [0.1, 0.15) is 6.07 Å². The number of aromatic nitrogens is 2. The van der Waals surface area contributed by atoms with E-state index in [9.17, 15) is 5.26 Å². The zero-order chi connectivity index (χ0) is 35.5. The van der Waals surface area contributed by atoms with Crippen molar-refractivity contribution >= 4 is 5.69 Å². The van der Waals surface area contributed by atoms with Crippen molar-refractivity contribution in [2.45, 2.75) is 5.41 Å². The van der Waals surface area contributed by atoms with E-state index >= 15 is 0 Å². The molecule has 4 nitrogen and oxygen atoms in total. The summed E-state index contributed by atoms with van der Waals surface area (Å²) in [7, 11) is 0. The molecule has 6 aromatic carbocycles. The van der Waals surface area contributed by atoms with Crippen LogP contribution in [-0.4, -0.2) is 9.97 Å². The van der Waals surface area contributed by atoms with Gasteiger partial charge in [-0.2, -0.15) is 5.26 Å². The topological polar surface area (TPSA) is 53.9 Å². The molecule has 2 heterocycles. The summed E-state index contributed by atoms with van der Waals surface area (Å²) in [6.07, 6.45) is 6.79. The third-order valence-electron chi connectivity index (χ3n) is 10.9. The van der Waals surface area contributed by atoms with Crippen LogP contribution in [0.1, 0.15) is 27.8 Å². The van der Waals surface area contributed by atoms with Crippen molar-refractivity contribution in [3.8, 4) is 72.8 Å². The average Bonchev–Trinajstić information content (AvgIpc) is 3.70. The maximum Gasteiger partial charge on any atom is 0.205 e. The summed E-state index contributed by atoms with van der Waals surface area (Å²) in [5.74, 6) is 0. The van der Waals surface area contributed by atoms with Gasteiger partial charge in [0, 0.05) is 30.4 Å². The van der Waals surface area contributed by atoms with Gasteiger partial charge in [0.05, 0.1) is 17.6 Å². The molecule has 4 heteroatoms. The fourth-order valence-corrected chi connectivity index (χ4v) is 8.52. The fraction of sp³-hybridized carbons (Fsp3) is 0.0204. The summed E-state index contributed by atoms with van der Waals surface area (Å²) < 4.78 is 0. The molecule has 10 rings (SSSR count). The number of nitrogens with zero attached hydrogens (tertiary/aromatic N) is 4. The minimum Gasteiger partial charge on any atom is -0.276 e. The SMILES string of the molecule is [C-]#[N+]c1cncc(-c2ccc(-c3ccc4c(c3)-c3cc(-c5ccc(-c6cncc(C#N)c6)cc5)ccc3C43c4ccccc4-c4ccccc43)cc2)c1. The summed E-state index contributed by atoms with van der Waals surface area (Å²) in [6, 6.07) is 54.7. The molecule has 0 saturated heterocycles. The highest BCUT2D eigenvalue weighted by molar-refractivity contribution is 5.97. The quantitative estimate of drug-likeness (QED) is 0.175. The Hall–Kier alpha value is -7.40. The molecular formula is C49H28N4. The van der Waals surface area contributed by atoms with Gasteiger partial charge < -0.3 is 0 Å². The number of pyridine rings is 2. The van der Waals surface area contributed by atoms with Crippen molar-refractivity contribution in [2.24, 2.45) is 0 Å². The van der Waals surface area contributed by atoms with E-state index in [1.165, 1.54) is 44.5 Å². The Morgan fingerprint density at radius 1 is 0.434 bits per heavy atom. The molecule has 0 aliphatic heterocycles. The van der Waals surface area contributed by atoms with Crippen molar-refractivity contribution in [2.75, 3.05) is 0 Å². The van der Waals surface area contributed by atoms with E-state index in [-0.39, 0.29) is 0 Å². The summed E-state index contributed by atoms with van der Waals surface area (Å²) in [5.41, 5.74) is 19.4. The molecule has 0 saturated carbocycles. The standard InChI is InChI=1S/C49H28N4/c1-51-40-23-39(29-53-30-40)35-16-12-33(13-17-35)37-19-21-48-44(25-37)43-24-36(32-10-14-34(15-11-32)38-22-31(26-50)27-52-28-38)18-20-47(43)49(48)45-8-4-2-6-41(45)42-7-3-5-9-46(42)49/h2-25,27-30H. The second-order valence-electron chi connectivity index (χ2n) is 13.6. The number of rotatable bonds is 4. The molecule has 0 amide bonds. The van der Waals surface area contributed by atoms with Gasteiger partial charge >= 0.3 is 0 Å². The van der Waals surface area contributed by atoms with Crippen LogP contribution in [0.15, 0.2) is 170 Å². The van der Waals surface area contributed by atoms with Gasteiger partial charge in [-0.1, -0.05) is 121 Å². The van der Waals surface area contributed by atoms with Crippen LogP contribution in [0.4, 0.5) is 5.69 Å². The van der Waals surface area contributed by atoms with Crippen LogP contribution < -0.4 is 0 Å². The molecule has 0 bridgehead atoms. The van der Waals surface area contributed by atoms with Crippen LogP contribution in [0.3, 0.4) is 0 Å². The summed E-state index contributed by atoms with van der Waals surface area (Å²) >= 11 is 0. The van der Waals surface area contributed by atoms with Gasteiger partial charge in [0.2, 0.25) is 5.69 Å². The predicted molar refractivity (Wildman–Crippen MR) is 211 cm³/mol. The summed E-state index contributed by atoms with van der Waals surface area (Å²) in [5, 5.41) is 9.39. The Kier molecular flexibility index (Phi) is 6.80. The molecule has 2 aliphatic carbocycles. The van der Waals surface area contributed by atoms with Crippen molar-refractivity contribution in [1.29, 1.82) is 5.26 Å². The largest absolute Gasteiger partial charge is 0.276 e. The van der Waals surface area contributed by atoms with Gasteiger partial charge in [0.25, 0.3) is 0 Å². The van der Waals surface area contributed by atoms with Gasteiger partial charge in [0.15, 0.2) is 0 Å². The number of hydrogen-bond donors (Lipinski definition) is 0. The van der Waals surface area contributed by atoms with Gasteiger partial charge in [-0.25, -0.2) is 4.85 Å². The number of fused-ring (bicyclic) bond motifs is 10. The summed E-state index contributed by atoms with van der Waals surface area (Å²) in [4.78, 5) is 12.1. The minimum atomic E-state index is -0.428. The van der Waals surface area contributed by atoms with E-state index in [2.05, 4.69) is 154 Å². The third-order valence-corrected chi connectivity index (χ3v) is 10.9. The van der Waals surface area contributed by atoms with E-state index in [0.29, 0.717) is 11.3 Å². The normalized spacial score (nSPS) is 12.6. The lowest BCUT2D eigenvalue weighted by Gasteiger charge is -2.30. The molecule has 0 atom stereocenters. The Labute approximate surface area is 307 Å². The van der Waals surface area contributed by atoms with Crippen LogP contribution in [0.25, 0.3) is 71.6 Å². The molecular weight excluding hydrogens is 645 g/mol. The lowest BCUT2D eigenvalue weighted by atomic mass is 9.70. The third kappa shape index (κ3) is 4.60. The van der Waals surface area contributed by atoms with Crippen LogP contribution in [0.2, 0.25) is 0 Å². The highest BCUT2D eigenvalue weighted by Crippen LogP contribution is 2.63. The highest BCUT2D eigenvalue weighted by atomic mass is 14.7. The molecule has 1 spiro atoms. The van der Waals surface area contributed by atoms with E-state index in [1.54, 1.807) is 24.8 Å². The molecule has 53 heavy (non-hydrogen) atoms. The molecule has 0 N–H and O–H groups in total. The van der Waals surface area contributed by atoms with E-state index in [4.69, 9.17) is 6.57 Å². The van der Waals surface area contributed by atoms with Crippen LogP contribution in [0.5, 0.6) is 0 Å².